The van der Waals surface area contributed by atoms with E-state index in [2.05, 4.69) is 29.4 Å². The molecule has 0 aliphatic rings. The molecule has 0 radical (unpaired) electrons. The molecule has 0 aliphatic heterocycles. The summed E-state index contributed by atoms with van der Waals surface area (Å²) in [5, 5.41) is 3.61. The van der Waals surface area contributed by atoms with Crippen molar-refractivity contribution < 1.29 is 4.74 Å². The minimum Gasteiger partial charge on any atom is -0.494 e. The van der Waals surface area contributed by atoms with Gasteiger partial charge in [-0.05, 0) is 37.6 Å². The van der Waals surface area contributed by atoms with E-state index in [-0.39, 0.29) is 0 Å². The summed E-state index contributed by atoms with van der Waals surface area (Å²) in [6, 6.07) is 8.74. The molecule has 1 N–H and O–H groups in total. The summed E-state index contributed by atoms with van der Waals surface area (Å²) in [6.45, 7) is 5.92. The lowest BCUT2D eigenvalue weighted by Crippen LogP contribution is -2.23. The van der Waals surface area contributed by atoms with Crippen molar-refractivity contribution in [3.05, 3.63) is 46.4 Å². The first kappa shape index (κ1) is 15.0. The molecule has 1 heterocycles. The minimum absolute atomic E-state index is 0.339. The van der Waals surface area contributed by atoms with Crippen LogP contribution in [0.15, 0.2) is 36.0 Å². The Hall–Kier alpha value is -1.39. The van der Waals surface area contributed by atoms with Crippen molar-refractivity contribution >= 4 is 11.3 Å². The quantitative estimate of drug-likeness (QED) is 0.802. The van der Waals surface area contributed by atoms with Crippen molar-refractivity contribution in [3.63, 3.8) is 0 Å². The normalized spacial score (nSPS) is 12.3. The molecule has 1 atom stereocenters. The smallest absolute Gasteiger partial charge is 0.119 e. The van der Waals surface area contributed by atoms with E-state index in [4.69, 9.17) is 4.74 Å². The number of nitrogens with one attached hydrogen (secondary N) is 1. The first-order chi connectivity index (χ1) is 9.83. The van der Waals surface area contributed by atoms with Crippen molar-refractivity contribution in [2.45, 2.75) is 32.7 Å². The average Bonchev–Trinajstić information content (AvgIpc) is 2.98. The van der Waals surface area contributed by atoms with Gasteiger partial charge in [-0.25, -0.2) is 0 Å². The number of hydrogen-bond donors (Lipinski definition) is 1. The fourth-order valence-corrected chi connectivity index (χ4v) is 2.78. The van der Waals surface area contributed by atoms with Crippen LogP contribution in [-0.2, 0) is 6.42 Å². The van der Waals surface area contributed by atoms with Crippen molar-refractivity contribution in [1.82, 2.24) is 10.3 Å². The van der Waals surface area contributed by atoms with E-state index < -0.39 is 0 Å². The third-order valence-electron chi connectivity index (χ3n) is 3.12. The second-order valence-corrected chi connectivity index (χ2v) is 5.65. The summed E-state index contributed by atoms with van der Waals surface area (Å²) in [5.74, 6) is 0.934. The SMILES string of the molecule is CCCNC(Cc1cncs1)c1ccc(OCC)cc1. The highest BCUT2D eigenvalue weighted by atomic mass is 32.1. The highest BCUT2D eigenvalue weighted by molar-refractivity contribution is 7.09. The van der Waals surface area contributed by atoms with Gasteiger partial charge in [0.1, 0.15) is 5.75 Å². The number of nitrogens with zero attached hydrogens (tertiary/aromatic N) is 1. The molecule has 0 saturated heterocycles. The fourth-order valence-electron chi connectivity index (χ4n) is 2.13. The summed E-state index contributed by atoms with van der Waals surface area (Å²) >= 11 is 1.71. The van der Waals surface area contributed by atoms with Crippen LogP contribution in [0.25, 0.3) is 0 Å². The number of aromatic nitrogens is 1. The molecule has 0 bridgehead atoms. The van der Waals surface area contributed by atoms with Crippen LogP contribution in [0.4, 0.5) is 0 Å². The minimum atomic E-state index is 0.339. The zero-order chi connectivity index (χ0) is 14.2. The maximum Gasteiger partial charge on any atom is 0.119 e. The fraction of sp³-hybridized carbons (Fsp3) is 0.438. The van der Waals surface area contributed by atoms with E-state index in [0.29, 0.717) is 12.6 Å². The van der Waals surface area contributed by atoms with Gasteiger partial charge in [-0.1, -0.05) is 19.1 Å². The molecule has 2 rings (SSSR count). The molecule has 0 saturated carbocycles. The monoisotopic (exact) mass is 290 g/mol. The molecule has 4 heteroatoms. The molecule has 0 aliphatic carbocycles. The van der Waals surface area contributed by atoms with Gasteiger partial charge in [0.2, 0.25) is 0 Å². The number of benzene rings is 1. The summed E-state index contributed by atoms with van der Waals surface area (Å²) < 4.78 is 5.50. The standard InChI is InChI=1S/C16H22N2OS/c1-3-9-18-16(10-15-11-17-12-20-15)13-5-7-14(8-6-13)19-4-2/h5-8,11-12,16,18H,3-4,9-10H2,1-2H3. The number of thiazole rings is 1. The van der Waals surface area contributed by atoms with E-state index in [9.17, 15) is 0 Å². The number of hydrogen-bond acceptors (Lipinski definition) is 4. The van der Waals surface area contributed by atoms with Crippen molar-refractivity contribution in [1.29, 1.82) is 0 Å². The molecule has 108 valence electrons. The Morgan fingerprint density at radius 3 is 2.65 bits per heavy atom. The largest absolute Gasteiger partial charge is 0.494 e. The van der Waals surface area contributed by atoms with E-state index in [0.717, 1.165) is 25.1 Å². The maximum atomic E-state index is 5.50. The van der Waals surface area contributed by atoms with Gasteiger partial charge in [0.05, 0.1) is 12.1 Å². The molecular formula is C16H22N2OS. The van der Waals surface area contributed by atoms with Crippen LogP contribution in [-0.4, -0.2) is 18.1 Å². The molecule has 1 aromatic carbocycles. The Bertz CT molecular complexity index is 482. The van der Waals surface area contributed by atoms with Gasteiger partial charge in [-0.3, -0.25) is 4.98 Å². The second kappa shape index (κ2) is 8.02. The Morgan fingerprint density at radius 2 is 2.05 bits per heavy atom. The Labute approximate surface area is 125 Å². The zero-order valence-corrected chi connectivity index (χ0v) is 13.0. The van der Waals surface area contributed by atoms with Crippen molar-refractivity contribution in [3.8, 4) is 5.75 Å². The maximum absolute atomic E-state index is 5.50. The molecule has 0 spiro atoms. The molecule has 3 nitrogen and oxygen atoms in total. The van der Waals surface area contributed by atoms with Gasteiger partial charge in [-0.15, -0.1) is 11.3 Å². The predicted molar refractivity (Wildman–Crippen MR) is 84.5 cm³/mol. The van der Waals surface area contributed by atoms with Gasteiger partial charge in [0, 0.05) is 23.5 Å². The first-order valence-corrected chi connectivity index (χ1v) is 8.05. The van der Waals surface area contributed by atoms with Gasteiger partial charge in [-0.2, -0.15) is 0 Å². The lowest BCUT2D eigenvalue weighted by Gasteiger charge is -2.18. The highest BCUT2D eigenvalue weighted by Gasteiger charge is 2.12. The molecule has 2 aromatic rings. The molecule has 0 amide bonds. The van der Waals surface area contributed by atoms with Crippen molar-refractivity contribution in [2.75, 3.05) is 13.2 Å². The van der Waals surface area contributed by atoms with Gasteiger partial charge >= 0.3 is 0 Å². The number of rotatable bonds is 8. The van der Waals surface area contributed by atoms with Crippen LogP contribution >= 0.6 is 11.3 Å². The van der Waals surface area contributed by atoms with Gasteiger partial charge in [0.25, 0.3) is 0 Å². The van der Waals surface area contributed by atoms with Crippen LogP contribution in [0, 0.1) is 0 Å². The lowest BCUT2D eigenvalue weighted by molar-refractivity contribution is 0.340. The van der Waals surface area contributed by atoms with Gasteiger partial charge in [0.15, 0.2) is 0 Å². The third-order valence-corrected chi connectivity index (χ3v) is 3.92. The van der Waals surface area contributed by atoms with Crippen molar-refractivity contribution in [2.24, 2.45) is 0 Å². The summed E-state index contributed by atoms with van der Waals surface area (Å²) in [4.78, 5) is 5.47. The molecular weight excluding hydrogens is 268 g/mol. The van der Waals surface area contributed by atoms with E-state index >= 15 is 0 Å². The van der Waals surface area contributed by atoms with E-state index in [1.807, 2.05) is 30.8 Å². The van der Waals surface area contributed by atoms with Crippen LogP contribution < -0.4 is 10.1 Å². The van der Waals surface area contributed by atoms with Crippen LogP contribution in [0.5, 0.6) is 5.75 Å². The predicted octanol–water partition coefficient (Wildman–Crippen LogP) is 3.83. The molecule has 0 fully saturated rings. The highest BCUT2D eigenvalue weighted by Crippen LogP contribution is 2.23. The summed E-state index contributed by atoms with van der Waals surface area (Å²) in [7, 11) is 0. The molecule has 20 heavy (non-hydrogen) atoms. The second-order valence-electron chi connectivity index (χ2n) is 4.68. The summed E-state index contributed by atoms with van der Waals surface area (Å²) in [5.41, 5.74) is 3.19. The molecule has 1 unspecified atom stereocenters. The van der Waals surface area contributed by atoms with E-state index in [1.54, 1.807) is 11.3 Å². The Morgan fingerprint density at radius 1 is 1.25 bits per heavy atom. The lowest BCUT2D eigenvalue weighted by atomic mass is 10.0. The summed E-state index contributed by atoms with van der Waals surface area (Å²) in [6.07, 6.45) is 4.08. The van der Waals surface area contributed by atoms with Crippen LogP contribution in [0.1, 0.15) is 36.8 Å². The Balaban J connectivity index is 2.08. The van der Waals surface area contributed by atoms with Gasteiger partial charge < -0.3 is 10.1 Å². The van der Waals surface area contributed by atoms with Crippen LogP contribution in [0.2, 0.25) is 0 Å². The average molecular weight is 290 g/mol. The topological polar surface area (TPSA) is 34.2 Å². The molecule has 1 aromatic heterocycles. The zero-order valence-electron chi connectivity index (χ0n) is 12.1. The Kier molecular flexibility index (Phi) is 6.02. The number of ether oxygens (including phenoxy) is 1. The van der Waals surface area contributed by atoms with E-state index in [1.165, 1.54) is 10.4 Å². The first-order valence-electron chi connectivity index (χ1n) is 7.17. The van der Waals surface area contributed by atoms with Crippen LogP contribution in [0.3, 0.4) is 0 Å². The third kappa shape index (κ3) is 4.32.